The number of methoxy groups -OCH3 is 3. The minimum absolute atomic E-state index is 0.202. The Bertz CT molecular complexity index is 985. The van der Waals surface area contributed by atoms with Crippen molar-refractivity contribution in [3.8, 4) is 34.1 Å². The maximum Gasteiger partial charge on any atom is 0.220 e. The summed E-state index contributed by atoms with van der Waals surface area (Å²) in [5.41, 5.74) is 2.46. The van der Waals surface area contributed by atoms with Crippen LogP contribution in [0.5, 0.6) is 23.0 Å². The van der Waals surface area contributed by atoms with Gasteiger partial charge in [0.05, 0.1) is 27.4 Å². The quantitative estimate of drug-likeness (QED) is 0.840. The second kappa shape index (κ2) is 7.80. The number of aromatic hydroxyl groups is 1. The van der Waals surface area contributed by atoms with Crippen LogP contribution in [0.3, 0.4) is 0 Å². The number of nitrogens with one attached hydrogen (secondary N) is 1. The Labute approximate surface area is 162 Å². The summed E-state index contributed by atoms with van der Waals surface area (Å²) in [4.78, 5) is 24.0. The minimum atomic E-state index is -0.514. The van der Waals surface area contributed by atoms with Crippen molar-refractivity contribution in [2.24, 2.45) is 0 Å². The topological polar surface area (TPSA) is 94.1 Å². The van der Waals surface area contributed by atoms with Crippen LogP contribution in [0.2, 0.25) is 0 Å². The molecule has 0 aromatic heterocycles. The van der Waals surface area contributed by atoms with Crippen LogP contribution < -0.4 is 25.0 Å². The standard InChI is InChI=1S/C21H23NO6/c1-11(23)22-15-7-5-12-9-18(26-2)20(27-3)21(28-4)19(12)13-6-8-16(24)17(25)10-14(13)15/h6,8-10,15H,5,7H2,1-4H3,(H,22,23)(H,24,25)/t15-/m1/s1. The summed E-state index contributed by atoms with van der Waals surface area (Å²) in [6.45, 7) is 1.43. The molecule has 0 bridgehead atoms. The zero-order chi connectivity index (χ0) is 20.4. The normalized spacial score (nSPS) is 14.9. The summed E-state index contributed by atoms with van der Waals surface area (Å²) < 4.78 is 16.6. The molecule has 0 unspecified atom stereocenters. The number of ether oxygens (including phenoxy) is 3. The molecular weight excluding hydrogens is 362 g/mol. The highest BCUT2D eigenvalue weighted by atomic mass is 16.5. The molecule has 0 heterocycles. The maximum absolute atomic E-state index is 12.3. The van der Waals surface area contributed by atoms with Gasteiger partial charge in [0, 0.05) is 12.5 Å². The van der Waals surface area contributed by atoms with Crippen LogP contribution >= 0.6 is 0 Å². The molecule has 2 N–H and O–H groups in total. The Hall–Kier alpha value is -3.22. The van der Waals surface area contributed by atoms with Crippen molar-refractivity contribution < 1.29 is 24.1 Å². The van der Waals surface area contributed by atoms with Crippen LogP contribution in [0, 0.1) is 0 Å². The molecule has 1 aliphatic carbocycles. The highest BCUT2D eigenvalue weighted by molar-refractivity contribution is 5.83. The van der Waals surface area contributed by atoms with E-state index in [9.17, 15) is 14.7 Å². The monoisotopic (exact) mass is 385 g/mol. The second-order valence-electron chi connectivity index (χ2n) is 6.57. The molecule has 0 spiro atoms. The molecule has 148 valence electrons. The van der Waals surface area contributed by atoms with Crippen molar-refractivity contribution in [3.05, 3.63) is 45.6 Å². The minimum Gasteiger partial charge on any atom is -0.504 e. The van der Waals surface area contributed by atoms with E-state index in [1.165, 1.54) is 33.3 Å². The first-order valence-corrected chi connectivity index (χ1v) is 8.87. The highest BCUT2D eigenvalue weighted by Gasteiger charge is 2.29. The zero-order valence-electron chi connectivity index (χ0n) is 16.3. The fourth-order valence-electron chi connectivity index (χ4n) is 3.70. The Kier molecular flexibility index (Phi) is 5.44. The Morgan fingerprint density at radius 1 is 1.11 bits per heavy atom. The van der Waals surface area contributed by atoms with E-state index in [0.29, 0.717) is 41.2 Å². The molecule has 1 atom stereocenters. The van der Waals surface area contributed by atoms with Crippen molar-refractivity contribution in [2.45, 2.75) is 25.8 Å². The predicted molar refractivity (Wildman–Crippen MR) is 104 cm³/mol. The fourth-order valence-corrected chi connectivity index (χ4v) is 3.70. The van der Waals surface area contributed by atoms with Gasteiger partial charge in [-0.25, -0.2) is 0 Å². The van der Waals surface area contributed by atoms with E-state index in [2.05, 4.69) is 5.32 Å². The first-order chi connectivity index (χ1) is 13.4. The Balaban J connectivity index is 2.41. The largest absolute Gasteiger partial charge is 0.504 e. The summed E-state index contributed by atoms with van der Waals surface area (Å²) in [5.74, 6) is 0.874. The molecular formula is C21H23NO6. The van der Waals surface area contributed by atoms with Crippen LogP contribution in [-0.2, 0) is 11.2 Å². The van der Waals surface area contributed by atoms with Gasteiger partial charge in [-0.05, 0) is 47.7 Å². The predicted octanol–water partition coefficient (Wildman–Crippen LogP) is 2.57. The summed E-state index contributed by atoms with van der Waals surface area (Å²) in [6.07, 6.45) is 1.19. The van der Waals surface area contributed by atoms with Gasteiger partial charge in [-0.15, -0.1) is 0 Å². The number of rotatable bonds is 4. The number of hydrogen-bond donors (Lipinski definition) is 2. The Morgan fingerprint density at radius 3 is 2.43 bits per heavy atom. The average Bonchev–Trinajstić information content (AvgIpc) is 2.90. The van der Waals surface area contributed by atoms with Gasteiger partial charge in [0.1, 0.15) is 0 Å². The van der Waals surface area contributed by atoms with Crippen LogP contribution in [0.4, 0.5) is 0 Å². The van der Waals surface area contributed by atoms with Gasteiger partial charge in [0.15, 0.2) is 17.2 Å². The van der Waals surface area contributed by atoms with E-state index in [1.807, 2.05) is 6.07 Å². The molecule has 1 amide bonds. The molecule has 1 aliphatic rings. The summed E-state index contributed by atoms with van der Waals surface area (Å²) >= 11 is 0. The van der Waals surface area contributed by atoms with Gasteiger partial charge < -0.3 is 24.6 Å². The number of carbonyl (C=O) groups is 1. The smallest absolute Gasteiger partial charge is 0.220 e. The molecule has 7 nitrogen and oxygen atoms in total. The molecule has 0 saturated heterocycles. The van der Waals surface area contributed by atoms with E-state index in [-0.39, 0.29) is 17.7 Å². The van der Waals surface area contributed by atoms with E-state index < -0.39 is 5.43 Å². The van der Waals surface area contributed by atoms with Gasteiger partial charge in [0.2, 0.25) is 17.1 Å². The lowest BCUT2D eigenvalue weighted by molar-refractivity contribution is -0.119. The summed E-state index contributed by atoms with van der Waals surface area (Å²) in [6, 6.07) is 5.88. The van der Waals surface area contributed by atoms with Crippen LogP contribution in [-0.4, -0.2) is 32.3 Å². The van der Waals surface area contributed by atoms with Crippen molar-refractivity contribution in [1.29, 1.82) is 0 Å². The van der Waals surface area contributed by atoms with Crippen LogP contribution in [0.25, 0.3) is 11.1 Å². The number of benzene rings is 1. The molecule has 3 rings (SSSR count). The number of fused-ring (bicyclic) bond motifs is 3. The lowest BCUT2D eigenvalue weighted by Crippen LogP contribution is -2.26. The molecule has 0 aliphatic heterocycles. The average molecular weight is 385 g/mol. The third-order valence-electron chi connectivity index (χ3n) is 4.89. The first-order valence-electron chi connectivity index (χ1n) is 8.87. The van der Waals surface area contributed by atoms with Crippen molar-refractivity contribution in [3.63, 3.8) is 0 Å². The van der Waals surface area contributed by atoms with Crippen molar-refractivity contribution in [2.75, 3.05) is 21.3 Å². The molecule has 2 aromatic carbocycles. The second-order valence-corrected chi connectivity index (χ2v) is 6.57. The van der Waals surface area contributed by atoms with Gasteiger partial charge in [-0.1, -0.05) is 6.07 Å². The lowest BCUT2D eigenvalue weighted by atomic mass is 9.95. The summed E-state index contributed by atoms with van der Waals surface area (Å²) in [5, 5.41) is 12.9. The van der Waals surface area contributed by atoms with Crippen molar-refractivity contribution in [1.82, 2.24) is 5.32 Å². The lowest BCUT2D eigenvalue weighted by Gasteiger charge is -2.19. The number of carbonyl (C=O) groups excluding carboxylic acids is 1. The van der Waals surface area contributed by atoms with Gasteiger partial charge in [-0.3, -0.25) is 9.59 Å². The van der Waals surface area contributed by atoms with E-state index in [4.69, 9.17) is 14.2 Å². The van der Waals surface area contributed by atoms with Crippen LogP contribution in [0.1, 0.15) is 30.5 Å². The first kappa shape index (κ1) is 19.5. The van der Waals surface area contributed by atoms with Gasteiger partial charge >= 0.3 is 0 Å². The molecule has 7 heteroatoms. The van der Waals surface area contributed by atoms with Crippen molar-refractivity contribution >= 4 is 5.91 Å². The number of amides is 1. The van der Waals surface area contributed by atoms with E-state index in [1.54, 1.807) is 13.2 Å². The third-order valence-corrected chi connectivity index (χ3v) is 4.89. The molecule has 0 radical (unpaired) electrons. The molecule has 2 aromatic rings. The number of hydrogen-bond acceptors (Lipinski definition) is 6. The Morgan fingerprint density at radius 2 is 1.82 bits per heavy atom. The molecule has 0 fully saturated rings. The zero-order valence-corrected chi connectivity index (χ0v) is 16.3. The fraction of sp³-hybridized carbons (Fsp3) is 0.333. The van der Waals surface area contributed by atoms with Gasteiger partial charge in [0.25, 0.3) is 0 Å². The van der Waals surface area contributed by atoms with E-state index >= 15 is 0 Å². The maximum atomic E-state index is 12.3. The molecule has 28 heavy (non-hydrogen) atoms. The van der Waals surface area contributed by atoms with Crippen LogP contribution in [0.15, 0.2) is 29.1 Å². The number of aryl methyl sites for hydroxylation is 1. The van der Waals surface area contributed by atoms with E-state index in [0.717, 1.165) is 11.1 Å². The SMILES string of the molecule is COc1cc2c(c(OC)c1OC)-c1ccc(O)c(=O)cc1[C@H](NC(C)=O)CC2. The van der Waals surface area contributed by atoms with Gasteiger partial charge in [-0.2, -0.15) is 0 Å². The summed E-state index contributed by atoms with van der Waals surface area (Å²) in [7, 11) is 4.61. The molecule has 0 saturated carbocycles. The highest BCUT2D eigenvalue weighted by Crippen LogP contribution is 2.50. The third kappa shape index (κ3) is 3.35.